The summed E-state index contributed by atoms with van der Waals surface area (Å²) in [7, 11) is 0. The van der Waals surface area contributed by atoms with Gasteiger partial charge < -0.3 is 24.0 Å². The number of ether oxygens (including phenoxy) is 2. The summed E-state index contributed by atoms with van der Waals surface area (Å²) in [6.45, 7) is 8.99. The predicted octanol–water partition coefficient (Wildman–Crippen LogP) is 6.07. The number of nitrogens with zero attached hydrogens (tertiary/aromatic N) is 7. The van der Waals surface area contributed by atoms with Gasteiger partial charge in [-0.3, -0.25) is 23.4 Å². The maximum Gasteiger partial charge on any atom is 0.438 e. The molecule has 320 valence electrons. The Morgan fingerprint density at radius 1 is 0.968 bits per heavy atom. The van der Waals surface area contributed by atoms with E-state index in [1.54, 1.807) is 55.2 Å². The number of hydrogen-bond acceptors (Lipinski definition) is 9. The molecule has 1 amide bonds. The molecule has 0 spiro atoms. The van der Waals surface area contributed by atoms with Crippen LogP contribution in [0.4, 0.5) is 4.39 Å². The van der Waals surface area contributed by atoms with Crippen LogP contribution in [0.2, 0.25) is 0 Å². The van der Waals surface area contributed by atoms with Crippen molar-refractivity contribution in [2.45, 2.75) is 77.3 Å². The minimum atomic E-state index is -0.782. The summed E-state index contributed by atoms with van der Waals surface area (Å²) in [6.07, 6.45) is 6.89. The third kappa shape index (κ3) is 6.42. The van der Waals surface area contributed by atoms with Crippen molar-refractivity contribution in [1.29, 1.82) is 0 Å². The Kier molecular flexibility index (Phi) is 9.67. The highest BCUT2D eigenvalue weighted by atomic mass is 19.1. The van der Waals surface area contributed by atoms with Crippen LogP contribution in [0, 0.1) is 26.6 Å². The molecule has 10 rings (SSSR count). The molecule has 0 unspecified atom stereocenters. The van der Waals surface area contributed by atoms with E-state index in [0.717, 1.165) is 35.0 Å². The van der Waals surface area contributed by atoms with E-state index < -0.39 is 17.3 Å². The van der Waals surface area contributed by atoms with Crippen LogP contribution in [-0.2, 0) is 16.7 Å². The first-order valence-electron chi connectivity index (χ1n) is 21.1. The Hall–Kier alpha value is -6.52. The van der Waals surface area contributed by atoms with Crippen molar-refractivity contribution in [3.8, 4) is 22.9 Å². The Balaban J connectivity index is 1.10. The number of rotatable bonds is 10. The van der Waals surface area contributed by atoms with Crippen molar-refractivity contribution in [3.63, 3.8) is 0 Å². The van der Waals surface area contributed by atoms with E-state index in [-0.39, 0.29) is 30.6 Å². The topological polar surface area (TPSA) is 168 Å². The lowest BCUT2D eigenvalue weighted by Gasteiger charge is -2.34. The Morgan fingerprint density at radius 3 is 2.40 bits per heavy atom. The highest BCUT2D eigenvalue weighted by Gasteiger charge is 2.52. The molecular formula is C46H47FN8O7. The van der Waals surface area contributed by atoms with Gasteiger partial charge in [-0.05, 0) is 130 Å². The number of benzene rings is 3. The summed E-state index contributed by atoms with van der Waals surface area (Å²) in [5.41, 5.74) is 5.59. The number of amides is 1. The van der Waals surface area contributed by atoms with Crippen LogP contribution in [0.1, 0.15) is 94.4 Å². The third-order valence-electron chi connectivity index (χ3n) is 12.9. The molecule has 15 nitrogen and oxygen atoms in total. The zero-order chi connectivity index (χ0) is 43.0. The number of hydrogen-bond donors (Lipinski definition) is 2. The van der Waals surface area contributed by atoms with Crippen molar-refractivity contribution < 1.29 is 28.3 Å². The monoisotopic (exact) mass is 842 g/mol. The molecule has 2 aliphatic heterocycles. The normalized spacial score (nSPS) is 17.5. The fourth-order valence-corrected chi connectivity index (χ4v) is 9.62. The van der Waals surface area contributed by atoms with Gasteiger partial charge in [0.1, 0.15) is 35.2 Å². The summed E-state index contributed by atoms with van der Waals surface area (Å²) in [5.74, 6) is 0.559. The Labute approximate surface area is 354 Å². The number of aromatic amines is 1. The van der Waals surface area contributed by atoms with Crippen molar-refractivity contribution in [3.05, 3.63) is 139 Å². The zero-order valence-corrected chi connectivity index (χ0v) is 35.0. The Bertz CT molecular complexity index is 2990. The number of aliphatic hydroxyl groups is 1. The Morgan fingerprint density at radius 2 is 1.71 bits per heavy atom. The number of nitrogens with one attached hydrogen (secondary N) is 1. The quantitative estimate of drug-likeness (QED) is 0.166. The van der Waals surface area contributed by atoms with Gasteiger partial charge in [-0.2, -0.15) is 5.10 Å². The SMILES string of the molecule is Cc1cc(-n2ccn(-c3c4c(nn3-c3cc(C)c(F)c(C)c3)CCN(C(=O)c3cc5cc(C6CCOCC6)ccc5n3C3(c5noc(=O)[nH]5)CC3)[C@H]4C)c2=O)ccc1OCCO. The summed E-state index contributed by atoms with van der Waals surface area (Å²) in [5, 5.41) is 19.4. The second-order valence-corrected chi connectivity index (χ2v) is 16.8. The van der Waals surface area contributed by atoms with Crippen molar-refractivity contribution in [1.82, 2.24) is 38.5 Å². The molecular weight excluding hydrogens is 796 g/mol. The smallest absolute Gasteiger partial charge is 0.438 e. The molecule has 6 heterocycles. The molecule has 3 aliphatic rings. The number of aliphatic hydroxyl groups excluding tert-OH is 1. The fourth-order valence-electron chi connectivity index (χ4n) is 9.62. The molecule has 1 aliphatic carbocycles. The number of halogens is 1. The molecule has 0 bridgehead atoms. The van der Waals surface area contributed by atoms with E-state index in [0.29, 0.717) is 96.1 Å². The molecule has 2 N–H and O–H groups in total. The minimum Gasteiger partial charge on any atom is -0.491 e. The average molecular weight is 843 g/mol. The predicted molar refractivity (Wildman–Crippen MR) is 227 cm³/mol. The molecule has 1 atom stereocenters. The highest BCUT2D eigenvalue weighted by molar-refractivity contribution is 6.00. The maximum atomic E-state index is 15.3. The van der Waals surface area contributed by atoms with E-state index in [9.17, 15) is 14.7 Å². The molecule has 62 heavy (non-hydrogen) atoms. The number of aryl methyl sites for hydroxylation is 3. The lowest BCUT2D eigenvalue weighted by atomic mass is 9.91. The van der Waals surface area contributed by atoms with E-state index in [4.69, 9.17) is 19.1 Å². The van der Waals surface area contributed by atoms with Gasteiger partial charge in [0.15, 0.2) is 5.82 Å². The first kappa shape index (κ1) is 39.6. The molecule has 1 saturated carbocycles. The highest BCUT2D eigenvalue weighted by Crippen LogP contribution is 2.51. The second-order valence-electron chi connectivity index (χ2n) is 16.8. The van der Waals surface area contributed by atoms with Crippen LogP contribution in [0.25, 0.3) is 28.1 Å². The van der Waals surface area contributed by atoms with Gasteiger partial charge in [0.25, 0.3) is 5.91 Å². The molecule has 0 radical (unpaired) electrons. The lowest BCUT2D eigenvalue weighted by Crippen LogP contribution is -2.41. The van der Waals surface area contributed by atoms with Crippen LogP contribution >= 0.6 is 0 Å². The van der Waals surface area contributed by atoms with Gasteiger partial charge >= 0.3 is 11.4 Å². The van der Waals surface area contributed by atoms with Crippen LogP contribution in [0.15, 0.2) is 81.1 Å². The van der Waals surface area contributed by atoms with E-state index >= 15 is 9.18 Å². The summed E-state index contributed by atoms with van der Waals surface area (Å²) in [6, 6.07) is 16.6. The second kappa shape index (κ2) is 15.1. The minimum absolute atomic E-state index is 0.122. The van der Waals surface area contributed by atoms with Crippen molar-refractivity contribution >= 4 is 16.8 Å². The van der Waals surface area contributed by atoms with Gasteiger partial charge in [0.05, 0.1) is 29.7 Å². The largest absolute Gasteiger partial charge is 0.491 e. The van der Waals surface area contributed by atoms with Crippen LogP contribution in [-0.4, -0.2) is 82.5 Å². The van der Waals surface area contributed by atoms with E-state index in [2.05, 4.69) is 28.3 Å². The van der Waals surface area contributed by atoms with Gasteiger partial charge in [0, 0.05) is 55.0 Å². The van der Waals surface area contributed by atoms with Gasteiger partial charge in [-0.1, -0.05) is 11.2 Å². The molecule has 7 aromatic rings. The first-order chi connectivity index (χ1) is 30.0. The van der Waals surface area contributed by atoms with Crippen LogP contribution in [0.3, 0.4) is 0 Å². The summed E-state index contributed by atoms with van der Waals surface area (Å²) in [4.78, 5) is 46.8. The molecule has 16 heteroatoms. The zero-order valence-electron chi connectivity index (χ0n) is 35.0. The maximum absolute atomic E-state index is 15.3. The van der Waals surface area contributed by atoms with Crippen molar-refractivity contribution in [2.24, 2.45) is 0 Å². The molecule has 1 saturated heterocycles. The molecule has 2 fully saturated rings. The summed E-state index contributed by atoms with van der Waals surface area (Å²) < 4.78 is 38.1. The van der Waals surface area contributed by atoms with Gasteiger partial charge in [-0.25, -0.2) is 18.7 Å². The van der Waals surface area contributed by atoms with Gasteiger partial charge in [-0.15, -0.1) is 0 Å². The van der Waals surface area contributed by atoms with Crippen LogP contribution < -0.4 is 16.2 Å². The third-order valence-corrected chi connectivity index (χ3v) is 12.9. The number of carbonyl (C=O) groups excluding carboxylic acids is 1. The standard InChI is InChI=1S/C46H47FN8O7/c1-26-21-33(6-8-38(26)61-20-17-56)52-15-16-53(45(52)59)41-39-29(4)51(14-9-35(39)49-55(41)34-22-27(2)40(47)28(3)23-34)42(57)37-25-32-24-31(30-10-18-60-19-11-30)5-7-36(32)54(37)46(12-13-46)43-48-44(58)62-50-43/h5-8,15-16,21-25,29-30,56H,9-14,17-20H2,1-4H3,(H,48,50,58)/t29-/m0/s1. The van der Waals surface area contributed by atoms with E-state index in [1.165, 1.54) is 14.7 Å². The van der Waals surface area contributed by atoms with Crippen molar-refractivity contribution in [2.75, 3.05) is 33.0 Å². The van der Waals surface area contributed by atoms with Crippen LogP contribution in [0.5, 0.6) is 5.75 Å². The number of fused-ring (bicyclic) bond motifs is 2. The fraction of sp³-hybridized carbons (Fsp3) is 0.370. The first-order valence-corrected chi connectivity index (χ1v) is 21.1. The lowest BCUT2D eigenvalue weighted by molar-refractivity contribution is 0.0664. The number of carbonyl (C=O) groups is 1. The number of aromatic nitrogens is 7. The number of imidazole rings is 1. The molecule has 4 aromatic heterocycles. The number of H-pyrrole nitrogens is 1. The average Bonchev–Trinajstić information content (AvgIpc) is 3.56. The van der Waals surface area contributed by atoms with Gasteiger partial charge in [0.2, 0.25) is 0 Å². The summed E-state index contributed by atoms with van der Waals surface area (Å²) >= 11 is 0. The van der Waals surface area contributed by atoms with E-state index in [1.807, 2.05) is 35.4 Å². The molecule has 3 aromatic carbocycles.